The highest BCUT2D eigenvalue weighted by Gasteiger charge is 2.34. The molecule has 2 N–H and O–H groups in total. The van der Waals surface area contributed by atoms with E-state index in [4.69, 9.17) is 5.73 Å². The third-order valence-corrected chi connectivity index (χ3v) is 4.39. The van der Waals surface area contributed by atoms with Crippen LogP contribution in [0.1, 0.15) is 45.4 Å². The third kappa shape index (κ3) is 2.40. The number of carbonyl (C=O) groups is 1. The van der Waals surface area contributed by atoms with Gasteiger partial charge in [-0.25, -0.2) is 0 Å². The molecule has 1 heterocycles. The van der Waals surface area contributed by atoms with Crippen LogP contribution in [0.3, 0.4) is 0 Å². The topological polar surface area (TPSA) is 46.3 Å². The van der Waals surface area contributed by atoms with Crippen molar-refractivity contribution in [3.05, 3.63) is 0 Å². The van der Waals surface area contributed by atoms with Gasteiger partial charge >= 0.3 is 0 Å². The van der Waals surface area contributed by atoms with Crippen molar-refractivity contribution in [3.63, 3.8) is 0 Å². The van der Waals surface area contributed by atoms with Crippen molar-refractivity contribution in [2.75, 3.05) is 13.1 Å². The zero-order chi connectivity index (χ0) is 11.5. The Bertz CT molecular complexity index is 246. The molecule has 2 aliphatic rings. The molecule has 1 amide bonds. The number of rotatable bonds is 2. The van der Waals surface area contributed by atoms with Crippen molar-refractivity contribution < 1.29 is 4.79 Å². The van der Waals surface area contributed by atoms with Gasteiger partial charge in [-0.2, -0.15) is 0 Å². The first-order chi connectivity index (χ1) is 7.72. The van der Waals surface area contributed by atoms with Crippen LogP contribution in [0.2, 0.25) is 0 Å². The van der Waals surface area contributed by atoms with Gasteiger partial charge in [0.2, 0.25) is 5.91 Å². The lowest BCUT2D eigenvalue weighted by Crippen LogP contribution is -2.45. The lowest BCUT2D eigenvalue weighted by molar-refractivity contribution is -0.137. The molecule has 0 aromatic rings. The van der Waals surface area contributed by atoms with Gasteiger partial charge in [0, 0.05) is 19.1 Å². The maximum atomic E-state index is 12.3. The molecular weight excluding hydrogens is 200 g/mol. The number of amides is 1. The van der Waals surface area contributed by atoms with Crippen LogP contribution in [0.5, 0.6) is 0 Å². The average molecular weight is 224 g/mol. The molecule has 0 radical (unpaired) electrons. The summed E-state index contributed by atoms with van der Waals surface area (Å²) in [5.74, 6) is 1.29. The molecule has 1 aliphatic heterocycles. The van der Waals surface area contributed by atoms with Crippen LogP contribution in [0.25, 0.3) is 0 Å². The minimum absolute atomic E-state index is 0.122. The highest BCUT2D eigenvalue weighted by Crippen LogP contribution is 2.28. The number of likely N-dealkylation sites (tertiary alicyclic amines) is 1. The maximum Gasteiger partial charge on any atom is 0.227 e. The molecule has 0 aromatic heterocycles. The Labute approximate surface area is 98.4 Å². The number of hydrogen-bond donors (Lipinski definition) is 1. The van der Waals surface area contributed by atoms with Crippen LogP contribution >= 0.6 is 0 Å². The molecule has 1 saturated carbocycles. The summed E-state index contributed by atoms with van der Waals surface area (Å²) < 4.78 is 0. The van der Waals surface area contributed by atoms with Crippen LogP contribution in [-0.4, -0.2) is 29.9 Å². The third-order valence-electron chi connectivity index (χ3n) is 4.39. The molecule has 92 valence electrons. The number of hydrogen-bond acceptors (Lipinski definition) is 2. The molecular formula is C13H24N2O. The van der Waals surface area contributed by atoms with Crippen LogP contribution < -0.4 is 5.73 Å². The first kappa shape index (κ1) is 11.9. The molecule has 0 spiro atoms. The van der Waals surface area contributed by atoms with Gasteiger partial charge in [-0.15, -0.1) is 0 Å². The van der Waals surface area contributed by atoms with Gasteiger partial charge in [0.15, 0.2) is 0 Å². The van der Waals surface area contributed by atoms with Gasteiger partial charge in [0.05, 0.1) is 5.92 Å². The molecule has 2 fully saturated rings. The second-order valence-electron chi connectivity index (χ2n) is 5.38. The predicted octanol–water partition coefficient (Wildman–Crippen LogP) is 1.76. The van der Waals surface area contributed by atoms with Crippen LogP contribution in [0.15, 0.2) is 0 Å². The molecule has 0 bridgehead atoms. The molecule has 2 atom stereocenters. The lowest BCUT2D eigenvalue weighted by atomic mass is 9.93. The van der Waals surface area contributed by atoms with Crippen molar-refractivity contribution in [3.8, 4) is 0 Å². The van der Waals surface area contributed by atoms with Gasteiger partial charge in [0.25, 0.3) is 0 Å². The summed E-state index contributed by atoms with van der Waals surface area (Å²) in [6.07, 6.45) is 6.79. The number of nitrogens with zero attached hydrogens (tertiary/aromatic N) is 1. The number of nitrogens with two attached hydrogens (primary N) is 1. The minimum Gasteiger partial charge on any atom is -0.342 e. The first-order valence-corrected chi connectivity index (χ1v) is 6.76. The standard InChI is InChI=1S/C13H24N2O/c1-2-10-6-8-15(9-7-10)13(16)11-4-3-5-12(11)14/h10-12H,2-9,14H2,1H3. The van der Waals surface area contributed by atoms with E-state index in [0.29, 0.717) is 5.91 Å². The van der Waals surface area contributed by atoms with Crippen molar-refractivity contribution in [2.45, 2.75) is 51.5 Å². The van der Waals surface area contributed by atoms with E-state index in [1.807, 2.05) is 0 Å². The van der Waals surface area contributed by atoms with Crippen molar-refractivity contribution in [1.29, 1.82) is 0 Å². The molecule has 1 saturated heterocycles. The van der Waals surface area contributed by atoms with Gasteiger partial charge in [-0.05, 0) is 31.6 Å². The highest BCUT2D eigenvalue weighted by molar-refractivity contribution is 5.80. The normalized spacial score (nSPS) is 32.0. The molecule has 3 heteroatoms. The SMILES string of the molecule is CCC1CCN(C(=O)C2CCCC2N)CC1. The van der Waals surface area contributed by atoms with E-state index in [0.717, 1.165) is 38.3 Å². The summed E-state index contributed by atoms with van der Waals surface area (Å²) in [7, 11) is 0. The summed E-state index contributed by atoms with van der Waals surface area (Å²) >= 11 is 0. The molecule has 3 nitrogen and oxygen atoms in total. The van der Waals surface area contributed by atoms with Gasteiger partial charge in [-0.3, -0.25) is 4.79 Å². The average Bonchev–Trinajstić information content (AvgIpc) is 2.75. The van der Waals surface area contributed by atoms with Crippen LogP contribution in [0.4, 0.5) is 0 Å². The van der Waals surface area contributed by atoms with Crippen molar-refractivity contribution in [2.24, 2.45) is 17.6 Å². The van der Waals surface area contributed by atoms with Gasteiger partial charge < -0.3 is 10.6 Å². The molecule has 1 aliphatic carbocycles. The first-order valence-electron chi connectivity index (χ1n) is 6.76. The number of carbonyl (C=O) groups excluding carboxylic acids is 1. The van der Waals surface area contributed by atoms with E-state index in [9.17, 15) is 4.79 Å². The summed E-state index contributed by atoms with van der Waals surface area (Å²) in [6, 6.07) is 0.122. The fourth-order valence-electron chi connectivity index (χ4n) is 3.09. The van der Waals surface area contributed by atoms with E-state index in [-0.39, 0.29) is 12.0 Å². The Balaban J connectivity index is 1.86. The Morgan fingerprint density at radius 1 is 1.25 bits per heavy atom. The summed E-state index contributed by atoms with van der Waals surface area (Å²) in [5, 5.41) is 0. The smallest absolute Gasteiger partial charge is 0.227 e. The zero-order valence-electron chi connectivity index (χ0n) is 10.3. The fourth-order valence-corrected chi connectivity index (χ4v) is 3.09. The monoisotopic (exact) mass is 224 g/mol. The Morgan fingerprint density at radius 2 is 1.94 bits per heavy atom. The molecule has 2 rings (SSSR count). The molecule has 16 heavy (non-hydrogen) atoms. The second kappa shape index (κ2) is 5.17. The zero-order valence-corrected chi connectivity index (χ0v) is 10.3. The largest absolute Gasteiger partial charge is 0.342 e. The quantitative estimate of drug-likeness (QED) is 0.777. The molecule has 0 aromatic carbocycles. The molecule has 2 unspecified atom stereocenters. The van der Waals surface area contributed by atoms with Gasteiger partial charge in [0.1, 0.15) is 0 Å². The van der Waals surface area contributed by atoms with Gasteiger partial charge in [-0.1, -0.05) is 19.8 Å². The van der Waals surface area contributed by atoms with Crippen LogP contribution in [0, 0.1) is 11.8 Å². The van der Waals surface area contributed by atoms with Crippen molar-refractivity contribution >= 4 is 5.91 Å². The Kier molecular flexibility index (Phi) is 3.85. The van der Waals surface area contributed by atoms with E-state index in [2.05, 4.69) is 11.8 Å². The minimum atomic E-state index is 0.122. The summed E-state index contributed by atoms with van der Waals surface area (Å²) in [6.45, 7) is 4.16. The van der Waals surface area contributed by atoms with E-state index >= 15 is 0 Å². The second-order valence-corrected chi connectivity index (χ2v) is 5.38. The summed E-state index contributed by atoms with van der Waals surface area (Å²) in [4.78, 5) is 14.3. The fraction of sp³-hybridized carbons (Fsp3) is 0.923. The highest BCUT2D eigenvalue weighted by atomic mass is 16.2. The predicted molar refractivity (Wildman–Crippen MR) is 64.9 cm³/mol. The van der Waals surface area contributed by atoms with Crippen LogP contribution in [-0.2, 0) is 4.79 Å². The van der Waals surface area contributed by atoms with E-state index < -0.39 is 0 Å². The Morgan fingerprint density at radius 3 is 2.44 bits per heavy atom. The lowest BCUT2D eigenvalue weighted by Gasteiger charge is -2.34. The van der Waals surface area contributed by atoms with E-state index in [1.165, 1.54) is 19.3 Å². The Hall–Kier alpha value is -0.570. The summed E-state index contributed by atoms with van der Waals surface area (Å²) in [5.41, 5.74) is 5.99. The number of piperidine rings is 1. The van der Waals surface area contributed by atoms with Crippen molar-refractivity contribution in [1.82, 2.24) is 4.90 Å². The van der Waals surface area contributed by atoms with E-state index in [1.54, 1.807) is 0 Å². The maximum absolute atomic E-state index is 12.3.